The van der Waals surface area contributed by atoms with Gasteiger partial charge in [0.05, 0.1) is 0 Å². The molecular formula is C25H41NO2. The Morgan fingerprint density at radius 2 is 1.43 bits per heavy atom. The number of benzene rings is 2. The molecule has 0 atom stereocenters. The van der Waals surface area contributed by atoms with E-state index in [9.17, 15) is 4.79 Å². The van der Waals surface area contributed by atoms with E-state index in [0.29, 0.717) is 19.4 Å². The van der Waals surface area contributed by atoms with Crippen LogP contribution in [-0.2, 0) is 17.8 Å². The first kappa shape index (κ1) is 27.9. The molecule has 2 aromatic rings. The fourth-order valence-electron chi connectivity index (χ4n) is 2.15. The molecule has 0 fully saturated rings. The van der Waals surface area contributed by atoms with Crippen LogP contribution in [-0.4, -0.2) is 5.91 Å². The van der Waals surface area contributed by atoms with Gasteiger partial charge in [-0.25, -0.2) is 0 Å². The Hall–Kier alpha value is -2.29. The second-order valence-corrected chi connectivity index (χ2v) is 5.74. The van der Waals surface area contributed by atoms with Crippen molar-refractivity contribution in [3.8, 4) is 5.75 Å². The molecule has 2 rings (SSSR count). The smallest absolute Gasteiger partial charge is 0.217 e. The molecule has 0 saturated heterocycles. The van der Waals surface area contributed by atoms with Crippen molar-refractivity contribution in [3.05, 3.63) is 65.7 Å². The second-order valence-electron chi connectivity index (χ2n) is 5.74. The number of carbonyl (C=O) groups excluding carboxylic acids is 1. The molecule has 0 aliphatic carbocycles. The summed E-state index contributed by atoms with van der Waals surface area (Å²) in [7, 11) is 0. The number of unbranched alkanes of at least 4 members (excludes halogenated alkanes) is 2. The molecule has 0 bridgehead atoms. The van der Waals surface area contributed by atoms with Gasteiger partial charge >= 0.3 is 0 Å². The fourth-order valence-corrected chi connectivity index (χ4v) is 2.15. The highest BCUT2D eigenvalue weighted by atomic mass is 16.5. The van der Waals surface area contributed by atoms with Gasteiger partial charge < -0.3 is 10.5 Å². The van der Waals surface area contributed by atoms with Crippen molar-refractivity contribution in [1.29, 1.82) is 0 Å². The van der Waals surface area contributed by atoms with E-state index in [0.717, 1.165) is 16.9 Å². The van der Waals surface area contributed by atoms with Crippen LogP contribution in [0.1, 0.15) is 78.4 Å². The third kappa shape index (κ3) is 15.9. The van der Waals surface area contributed by atoms with Crippen molar-refractivity contribution in [2.45, 2.75) is 80.3 Å². The molecule has 0 aliphatic rings. The Morgan fingerprint density at radius 1 is 0.857 bits per heavy atom. The summed E-state index contributed by atoms with van der Waals surface area (Å²) >= 11 is 0. The predicted octanol–water partition coefficient (Wildman–Crippen LogP) is 6.93. The van der Waals surface area contributed by atoms with E-state index >= 15 is 0 Å². The number of hydrogen-bond donors (Lipinski definition) is 1. The lowest BCUT2D eigenvalue weighted by atomic mass is 10.1. The first-order valence-corrected chi connectivity index (χ1v) is 10.7. The molecule has 2 N–H and O–H groups in total. The van der Waals surface area contributed by atoms with Crippen LogP contribution in [0.3, 0.4) is 0 Å². The zero-order valence-electron chi connectivity index (χ0n) is 18.8. The molecule has 0 unspecified atom stereocenters. The molecule has 3 heteroatoms. The van der Waals surface area contributed by atoms with Gasteiger partial charge in [0.25, 0.3) is 0 Å². The van der Waals surface area contributed by atoms with Crippen molar-refractivity contribution in [2.75, 3.05) is 0 Å². The number of nitrogens with two attached hydrogens (primary N) is 1. The summed E-state index contributed by atoms with van der Waals surface area (Å²) in [5.41, 5.74) is 7.33. The van der Waals surface area contributed by atoms with E-state index in [2.05, 4.69) is 13.8 Å². The normalized spacial score (nSPS) is 8.79. The summed E-state index contributed by atoms with van der Waals surface area (Å²) < 4.78 is 5.72. The molecular weight excluding hydrogens is 346 g/mol. The number of hydrogen-bond acceptors (Lipinski definition) is 2. The predicted molar refractivity (Wildman–Crippen MR) is 123 cm³/mol. The standard InChI is InChI=1S/C16H17NO2.C5H12.2C2H6/c17-16(18)10-9-13-7-4-8-15(11-13)19-12-14-5-2-1-3-6-14;1-3-5-4-2;2*1-2/h1-8,11H,9-10,12H2,(H2,17,18);3-5H2,1-2H3;2*1-2H3. The van der Waals surface area contributed by atoms with Crippen LogP contribution in [0.5, 0.6) is 5.75 Å². The molecule has 28 heavy (non-hydrogen) atoms. The summed E-state index contributed by atoms with van der Waals surface area (Å²) in [6, 6.07) is 17.8. The monoisotopic (exact) mass is 387 g/mol. The molecule has 0 spiro atoms. The van der Waals surface area contributed by atoms with Crippen LogP contribution in [0.15, 0.2) is 54.6 Å². The van der Waals surface area contributed by atoms with Crippen molar-refractivity contribution in [2.24, 2.45) is 5.73 Å². The largest absolute Gasteiger partial charge is 0.489 e. The van der Waals surface area contributed by atoms with Crippen LogP contribution in [0, 0.1) is 0 Å². The molecule has 0 aromatic heterocycles. The first-order chi connectivity index (χ1) is 13.7. The maximum Gasteiger partial charge on any atom is 0.217 e. The third-order valence-electron chi connectivity index (χ3n) is 3.51. The minimum absolute atomic E-state index is 0.282. The van der Waals surface area contributed by atoms with Gasteiger partial charge in [-0.15, -0.1) is 0 Å². The van der Waals surface area contributed by atoms with E-state index in [1.54, 1.807) is 0 Å². The van der Waals surface area contributed by atoms with E-state index < -0.39 is 0 Å². The highest BCUT2D eigenvalue weighted by Gasteiger charge is 2.00. The summed E-state index contributed by atoms with van der Waals surface area (Å²) in [5, 5.41) is 0. The SMILES string of the molecule is CC.CC.CCCCC.NC(=O)CCc1cccc(OCc2ccccc2)c1. The summed E-state index contributed by atoms with van der Waals surface area (Å²) in [6.45, 7) is 13.0. The Balaban J connectivity index is 0. The van der Waals surface area contributed by atoms with E-state index in [1.807, 2.05) is 82.3 Å². The number of ether oxygens (including phenoxy) is 1. The van der Waals surface area contributed by atoms with Gasteiger partial charge in [-0.2, -0.15) is 0 Å². The first-order valence-electron chi connectivity index (χ1n) is 10.7. The van der Waals surface area contributed by atoms with Gasteiger partial charge in [0.1, 0.15) is 12.4 Å². The molecule has 158 valence electrons. The lowest BCUT2D eigenvalue weighted by Crippen LogP contribution is -2.11. The Morgan fingerprint density at radius 3 is 1.93 bits per heavy atom. The van der Waals surface area contributed by atoms with E-state index in [-0.39, 0.29) is 5.91 Å². The van der Waals surface area contributed by atoms with Gasteiger partial charge in [0.15, 0.2) is 0 Å². The van der Waals surface area contributed by atoms with Crippen LogP contribution < -0.4 is 10.5 Å². The molecule has 0 heterocycles. The van der Waals surface area contributed by atoms with Crippen molar-refractivity contribution in [1.82, 2.24) is 0 Å². The van der Waals surface area contributed by atoms with Crippen molar-refractivity contribution in [3.63, 3.8) is 0 Å². The van der Waals surface area contributed by atoms with Gasteiger partial charge in [0, 0.05) is 6.42 Å². The molecule has 3 nitrogen and oxygen atoms in total. The van der Waals surface area contributed by atoms with Crippen LogP contribution in [0.25, 0.3) is 0 Å². The zero-order valence-corrected chi connectivity index (χ0v) is 18.8. The third-order valence-corrected chi connectivity index (χ3v) is 3.51. The molecule has 1 amide bonds. The molecule has 0 aliphatic heterocycles. The summed E-state index contributed by atoms with van der Waals surface area (Å²) in [6.07, 6.45) is 5.09. The Kier molecular flexibility index (Phi) is 21.0. The van der Waals surface area contributed by atoms with Crippen LogP contribution in [0.2, 0.25) is 0 Å². The summed E-state index contributed by atoms with van der Waals surface area (Å²) in [4.78, 5) is 10.8. The minimum atomic E-state index is -0.282. The van der Waals surface area contributed by atoms with Gasteiger partial charge in [0.2, 0.25) is 5.91 Å². The molecule has 2 aromatic carbocycles. The maximum atomic E-state index is 10.8. The Bertz CT molecular complexity index is 580. The number of amides is 1. The van der Waals surface area contributed by atoms with E-state index in [4.69, 9.17) is 10.5 Å². The van der Waals surface area contributed by atoms with Crippen molar-refractivity contribution >= 4 is 5.91 Å². The lowest BCUT2D eigenvalue weighted by molar-refractivity contribution is -0.117. The topological polar surface area (TPSA) is 52.3 Å². The number of aryl methyl sites for hydroxylation is 1. The van der Waals surface area contributed by atoms with Crippen molar-refractivity contribution < 1.29 is 9.53 Å². The van der Waals surface area contributed by atoms with E-state index in [1.165, 1.54) is 19.3 Å². The summed E-state index contributed by atoms with van der Waals surface area (Å²) in [5.74, 6) is 0.529. The maximum absolute atomic E-state index is 10.8. The number of rotatable bonds is 8. The highest BCUT2D eigenvalue weighted by Crippen LogP contribution is 2.16. The average molecular weight is 388 g/mol. The Labute approximate surface area is 173 Å². The molecule has 0 saturated carbocycles. The van der Waals surface area contributed by atoms with Gasteiger partial charge in [-0.1, -0.05) is 103 Å². The zero-order chi connectivity index (χ0) is 21.6. The van der Waals surface area contributed by atoms with Gasteiger partial charge in [-0.3, -0.25) is 4.79 Å². The van der Waals surface area contributed by atoms with Crippen LogP contribution in [0.4, 0.5) is 0 Å². The molecule has 0 radical (unpaired) electrons. The highest BCUT2D eigenvalue weighted by molar-refractivity contribution is 5.74. The lowest BCUT2D eigenvalue weighted by Gasteiger charge is -2.08. The second kappa shape index (κ2) is 21.0. The average Bonchev–Trinajstić information content (AvgIpc) is 2.76. The van der Waals surface area contributed by atoms with Crippen LogP contribution >= 0.6 is 0 Å². The fraction of sp³-hybridized carbons (Fsp3) is 0.480. The van der Waals surface area contributed by atoms with Gasteiger partial charge in [-0.05, 0) is 29.7 Å². The number of primary amides is 1. The minimum Gasteiger partial charge on any atom is -0.489 e. The quantitative estimate of drug-likeness (QED) is 0.534. The number of carbonyl (C=O) groups is 1.